The van der Waals surface area contributed by atoms with Crippen molar-refractivity contribution in [3.63, 3.8) is 0 Å². The summed E-state index contributed by atoms with van der Waals surface area (Å²) in [6, 6.07) is 6.14. The molecule has 1 N–H and O–H groups in total. The van der Waals surface area contributed by atoms with Gasteiger partial charge in [-0.05, 0) is 53.8 Å². The molecule has 4 nitrogen and oxygen atoms in total. The summed E-state index contributed by atoms with van der Waals surface area (Å²) in [5.74, 6) is -1.86. The van der Waals surface area contributed by atoms with Gasteiger partial charge in [-0.3, -0.25) is 9.58 Å². The van der Waals surface area contributed by atoms with E-state index in [1.54, 1.807) is 29.6 Å². The minimum atomic E-state index is -1.05. The second kappa shape index (κ2) is 7.26. The summed E-state index contributed by atoms with van der Waals surface area (Å²) in [5, 5.41) is 14.6. The second-order valence-corrected chi connectivity index (χ2v) is 8.57. The summed E-state index contributed by atoms with van der Waals surface area (Å²) < 4.78 is 44.3. The van der Waals surface area contributed by atoms with Crippen molar-refractivity contribution in [3.8, 4) is 11.1 Å². The molecular formula is C20H16ClF3IN3O. The monoisotopic (exact) mass is 533 g/mol. The average Bonchev–Trinajstić information content (AvgIpc) is 3.25. The van der Waals surface area contributed by atoms with E-state index in [2.05, 4.69) is 5.10 Å². The fourth-order valence-electron chi connectivity index (χ4n) is 4.08. The summed E-state index contributed by atoms with van der Waals surface area (Å²) >= 11 is 8.21. The minimum Gasteiger partial charge on any atom is -0.381 e. The first-order valence-electron chi connectivity index (χ1n) is 8.71. The number of aromatic nitrogens is 2. The zero-order valence-electron chi connectivity index (χ0n) is 15.5. The molecule has 2 aromatic carbocycles. The lowest BCUT2D eigenvalue weighted by molar-refractivity contribution is 0.179. The van der Waals surface area contributed by atoms with Crippen molar-refractivity contribution in [2.45, 2.75) is 12.5 Å². The van der Waals surface area contributed by atoms with E-state index in [1.807, 2.05) is 22.6 Å². The number of halogens is 5. The van der Waals surface area contributed by atoms with Crippen molar-refractivity contribution in [2.75, 3.05) is 13.3 Å². The van der Waals surface area contributed by atoms with Gasteiger partial charge in [0.05, 0.1) is 23.1 Å². The Hall–Kier alpha value is -1.62. The van der Waals surface area contributed by atoms with Gasteiger partial charge >= 0.3 is 0 Å². The van der Waals surface area contributed by atoms with Crippen molar-refractivity contribution >= 4 is 34.2 Å². The molecule has 3 aromatic rings. The van der Waals surface area contributed by atoms with Crippen LogP contribution >= 0.6 is 34.2 Å². The number of hydrogen-bond acceptors (Lipinski definition) is 3. The molecule has 0 saturated carbocycles. The Morgan fingerprint density at radius 1 is 1.21 bits per heavy atom. The maximum Gasteiger partial charge on any atom is 0.132 e. The van der Waals surface area contributed by atoms with Crippen molar-refractivity contribution in [3.05, 3.63) is 73.3 Å². The maximum atomic E-state index is 15.0. The Morgan fingerprint density at radius 2 is 1.93 bits per heavy atom. The molecular weight excluding hydrogens is 518 g/mol. The molecule has 9 heteroatoms. The van der Waals surface area contributed by atoms with Gasteiger partial charge in [0, 0.05) is 39.9 Å². The second-order valence-electron chi connectivity index (χ2n) is 7.00. The molecule has 0 aliphatic carbocycles. The lowest BCUT2D eigenvalue weighted by Gasteiger charge is -2.23. The summed E-state index contributed by atoms with van der Waals surface area (Å²) in [6.45, 7) is 1.77. The third kappa shape index (κ3) is 3.17. The fraction of sp³-hybridized carbons (Fsp3) is 0.250. The molecule has 1 fully saturated rings. The van der Waals surface area contributed by atoms with Crippen LogP contribution in [0.2, 0.25) is 5.02 Å². The standard InChI is InChI=1S/C20H16ClF3IN3O/c1-10-17(13-4-3-11(22)5-14(13)21)19(27(2)26-10)20(8-28(20)9-29)18-15(24)6-12(23)7-16(18)25/h3-7,29H,8-9H2,1-2H3. The highest BCUT2D eigenvalue weighted by atomic mass is 127. The minimum absolute atomic E-state index is 0.197. The Bertz CT molecular complexity index is 1110. The van der Waals surface area contributed by atoms with Gasteiger partial charge in [0.25, 0.3) is 0 Å². The van der Waals surface area contributed by atoms with E-state index < -0.39 is 23.0 Å². The lowest BCUT2D eigenvalue weighted by atomic mass is 9.88. The smallest absolute Gasteiger partial charge is 0.132 e. The highest BCUT2D eigenvalue weighted by Crippen LogP contribution is 2.53. The first kappa shape index (κ1) is 20.6. The van der Waals surface area contributed by atoms with Crippen molar-refractivity contribution in [1.29, 1.82) is 0 Å². The molecule has 0 amide bonds. The number of aliphatic hydroxyl groups is 1. The predicted molar refractivity (Wildman–Crippen MR) is 112 cm³/mol. The number of nitrogens with zero attached hydrogens (tertiary/aromatic N) is 3. The predicted octanol–water partition coefficient (Wildman–Crippen LogP) is 4.58. The Morgan fingerprint density at radius 3 is 2.52 bits per heavy atom. The van der Waals surface area contributed by atoms with E-state index in [4.69, 9.17) is 11.6 Å². The molecule has 2 unspecified atom stereocenters. The van der Waals surface area contributed by atoms with Gasteiger partial charge < -0.3 is 5.11 Å². The number of hydrogen-bond donors (Lipinski definition) is 1. The van der Waals surface area contributed by atoms with Crippen molar-refractivity contribution < 1.29 is 18.3 Å². The van der Waals surface area contributed by atoms with E-state index in [0.29, 0.717) is 32.6 Å². The van der Waals surface area contributed by atoms with Crippen LogP contribution in [0.1, 0.15) is 17.0 Å². The van der Waals surface area contributed by atoms with Crippen molar-refractivity contribution in [1.82, 2.24) is 14.7 Å². The number of rotatable bonds is 4. The molecule has 29 heavy (non-hydrogen) atoms. The Labute approximate surface area is 184 Å². The number of benzene rings is 2. The highest BCUT2D eigenvalue weighted by Gasteiger charge is 2.60. The molecule has 1 aromatic heterocycles. The van der Waals surface area contributed by atoms with Crippen LogP contribution in [0.25, 0.3) is 11.1 Å². The number of aliphatic hydroxyl groups excluding tert-OH is 1. The Kier molecular flexibility index (Phi) is 5.17. The normalized spacial score (nSPS) is 20.9. The first-order chi connectivity index (χ1) is 13.7. The fourth-order valence-corrected chi connectivity index (χ4v) is 5.34. The molecule has 1 aliphatic heterocycles. The van der Waals surface area contributed by atoms with Crippen LogP contribution in [0.3, 0.4) is 0 Å². The third-order valence-electron chi connectivity index (χ3n) is 5.26. The van der Waals surface area contributed by atoms with Crippen LogP contribution in [-0.4, -0.2) is 33.1 Å². The average molecular weight is 534 g/mol. The molecule has 152 valence electrons. The SMILES string of the molecule is Cc1nn(C)c(C2(c3c(F)cc(F)cc3I)CN2CO)c1-c1ccc(F)cc1Cl. The lowest BCUT2D eigenvalue weighted by Crippen LogP contribution is -2.26. The zero-order chi connectivity index (χ0) is 21.1. The molecule has 0 bridgehead atoms. The summed E-state index contributed by atoms with van der Waals surface area (Å²) in [7, 11) is 1.72. The molecule has 0 spiro atoms. The molecule has 2 atom stereocenters. The van der Waals surface area contributed by atoms with Gasteiger partial charge in [-0.1, -0.05) is 11.6 Å². The summed E-state index contributed by atoms with van der Waals surface area (Å²) in [6.07, 6.45) is 0. The Balaban J connectivity index is 2.03. The van der Waals surface area contributed by atoms with Crippen molar-refractivity contribution in [2.24, 2.45) is 7.05 Å². The topological polar surface area (TPSA) is 41.1 Å². The molecule has 0 radical (unpaired) electrons. The van der Waals surface area contributed by atoms with E-state index >= 15 is 0 Å². The van der Waals surface area contributed by atoms with Crippen LogP contribution in [0.15, 0.2) is 30.3 Å². The molecule has 1 aliphatic rings. The quantitative estimate of drug-likeness (QED) is 0.394. The van der Waals surface area contributed by atoms with E-state index in [1.165, 1.54) is 18.2 Å². The van der Waals surface area contributed by atoms with Gasteiger partial charge in [0.1, 0.15) is 23.0 Å². The number of aryl methyl sites for hydroxylation is 2. The van der Waals surface area contributed by atoms with Gasteiger partial charge in [-0.25, -0.2) is 13.2 Å². The van der Waals surface area contributed by atoms with Crippen LogP contribution in [0.5, 0.6) is 0 Å². The van der Waals surface area contributed by atoms with Gasteiger partial charge in [0.15, 0.2) is 0 Å². The summed E-state index contributed by atoms with van der Waals surface area (Å²) in [5.41, 5.74) is 1.62. The van der Waals surface area contributed by atoms with Gasteiger partial charge in [-0.15, -0.1) is 0 Å². The molecule has 2 heterocycles. The van der Waals surface area contributed by atoms with E-state index in [9.17, 15) is 18.3 Å². The zero-order valence-corrected chi connectivity index (χ0v) is 18.4. The molecule has 1 saturated heterocycles. The van der Waals surface area contributed by atoms with Crippen LogP contribution in [-0.2, 0) is 12.6 Å². The molecule has 4 rings (SSSR count). The van der Waals surface area contributed by atoms with Crippen LogP contribution in [0.4, 0.5) is 13.2 Å². The third-order valence-corrected chi connectivity index (χ3v) is 6.43. The highest BCUT2D eigenvalue weighted by molar-refractivity contribution is 14.1. The first-order valence-corrected chi connectivity index (χ1v) is 10.2. The summed E-state index contributed by atoms with van der Waals surface area (Å²) in [4.78, 5) is 1.66. The van der Waals surface area contributed by atoms with E-state index in [-0.39, 0.29) is 17.3 Å². The largest absolute Gasteiger partial charge is 0.381 e. The maximum absolute atomic E-state index is 15.0. The van der Waals surface area contributed by atoms with Crippen LogP contribution in [0, 0.1) is 27.9 Å². The van der Waals surface area contributed by atoms with Crippen LogP contribution < -0.4 is 0 Å². The van der Waals surface area contributed by atoms with Gasteiger partial charge in [0.2, 0.25) is 0 Å². The van der Waals surface area contributed by atoms with Gasteiger partial charge in [-0.2, -0.15) is 5.10 Å². The van der Waals surface area contributed by atoms with E-state index in [0.717, 1.165) is 6.07 Å².